The van der Waals surface area contributed by atoms with E-state index in [4.69, 9.17) is 0 Å². The summed E-state index contributed by atoms with van der Waals surface area (Å²) in [5.74, 6) is -0.986. The van der Waals surface area contributed by atoms with Crippen LogP contribution >= 0.6 is 0 Å². The van der Waals surface area contributed by atoms with Crippen LogP contribution in [0.3, 0.4) is 0 Å². The first-order valence-electron chi connectivity index (χ1n) is 9.03. The third kappa shape index (κ3) is 9.37. The molecule has 0 aliphatic heterocycles. The number of nitrogens with zero attached hydrogens (tertiary/aromatic N) is 1. The minimum atomic E-state index is -0.668. The lowest BCUT2D eigenvalue weighted by atomic mass is 9.98. The van der Waals surface area contributed by atoms with Crippen LogP contribution in [0.25, 0.3) is 0 Å². The van der Waals surface area contributed by atoms with E-state index in [-0.39, 0.29) is 36.2 Å². The highest BCUT2D eigenvalue weighted by molar-refractivity contribution is 5.93. The zero-order valence-corrected chi connectivity index (χ0v) is 16.7. The molecule has 0 saturated carbocycles. The quantitative estimate of drug-likeness (QED) is 0.616. The molecule has 0 spiro atoms. The Morgan fingerprint density at radius 3 is 1.96 bits per heavy atom. The van der Waals surface area contributed by atoms with Crippen molar-refractivity contribution in [1.29, 1.82) is 0 Å². The molecule has 0 radical (unpaired) electrons. The van der Waals surface area contributed by atoms with Crippen LogP contribution in [-0.2, 0) is 19.2 Å². The molecule has 2 amide bonds. The van der Waals surface area contributed by atoms with Crippen LogP contribution in [0.2, 0.25) is 0 Å². The number of Topliss-reactive ketones (excluding diaryl/α,β-unsaturated/α-hetero) is 2. The molecule has 144 valence electrons. The van der Waals surface area contributed by atoms with Gasteiger partial charge in [0.05, 0.1) is 6.04 Å². The van der Waals surface area contributed by atoms with E-state index in [1.165, 1.54) is 6.92 Å². The number of carbonyl (C=O) groups is 4. The molecule has 0 aliphatic carbocycles. The Labute approximate surface area is 151 Å². The van der Waals surface area contributed by atoms with E-state index in [0.717, 1.165) is 6.42 Å². The Kier molecular flexibility index (Phi) is 10.2. The number of nitrogens with one attached hydrogen (secondary N) is 1. The summed E-state index contributed by atoms with van der Waals surface area (Å²) in [7, 11) is 1.75. The molecular formula is C19H34N2O4. The normalized spacial score (nSPS) is 14.6. The van der Waals surface area contributed by atoms with Crippen LogP contribution in [0.4, 0.5) is 0 Å². The maximum Gasteiger partial charge on any atom is 0.225 e. The van der Waals surface area contributed by atoms with Crippen LogP contribution in [0.5, 0.6) is 0 Å². The second-order valence-electron chi connectivity index (χ2n) is 7.55. The van der Waals surface area contributed by atoms with Gasteiger partial charge in [0.25, 0.3) is 0 Å². The molecule has 6 nitrogen and oxygen atoms in total. The summed E-state index contributed by atoms with van der Waals surface area (Å²) in [6, 6.07) is -0.668. The molecule has 0 rings (SSSR count). The summed E-state index contributed by atoms with van der Waals surface area (Å²) in [6.45, 7) is 11.3. The Hall–Kier alpha value is -1.72. The van der Waals surface area contributed by atoms with Gasteiger partial charge in [-0.25, -0.2) is 0 Å². The Bertz CT molecular complexity index is 488. The maximum atomic E-state index is 12.3. The maximum absolute atomic E-state index is 12.3. The smallest absolute Gasteiger partial charge is 0.225 e. The largest absolute Gasteiger partial charge is 0.346 e. The van der Waals surface area contributed by atoms with E-state index in [2.05, 4.69) is 19.2 Å². The van der Waals surface area contributed by atoms with E-state index in [0.29, 0.717) is 12.5 Å². The van der Waals surface area contributed by atoms with Crippen molar-refractivity contribution in [3.05, 3.63) is 0 Å². The summed E-state index contributed by atoms with van der Waals surface area (Å²) < 4.78 is 0. The molecule has 0 bridgehead atoms. The van der Waals surface area contributed by atoms with E-state index in [1.807, 2.05) is 0 Å². The molecule has 0 saturated heterocycles. The van der Waals surface area contributed by atoms with Crippen LogP contribution in [0.15, 0.2) is 0 Å². The van der Waals surface area contributed by atoms with Crippen molar-refractivity contribution >= 4 is 23.4 Å². The Balaban J connectivity index is 4.48. The molecule has 3 atom stereocenters. The van der Waals surface area contributed by atoms with Crippen LogP contribution in [-0.4, -0.2) is 47.9 Å². The van der Waals surface area contributed by atoms with Gasteiger partial charge in [-0.15, -0.1) is 0 Å². The lowest BCUT2D eigenvalue weighted by Crippen LogP contribution is -2.43. The summed E-state index contributed by atoms with van der Waals surface area (Å²) in [5.41, 5.74) is 0. The average Bonchev–Trinajstić information content (AvgIpc) is 2.50. The third-order valence-corrected chi connectivity index (χ3v) is 4.23. The lowest BCUT2D eigenvalue weighted by molar-refractivity contribution is -0.137. The first kappa shape index (κ1) is 23.3. The van der Waals surface area contributed by atoms with Gasteiger partial charge in [-0.05, 0) is 26.2 Å². The third-order valence-electron chi connectivity index (χ3n) is 4.23. The SMILES string of the molecule is CC(=O)CC(C)C(=O)NC(C)C(=O)CC(C)C(=O)N(C)CCC(C)C. The second kappa shape index (κ2) is 11.0. The molecule has 0 heterocycles. The van der Waals surface area contributed by atoms with Gasteiger partial charge in [-0.3, -0.25) is 14.4 Å². The fourth-order valence-electron chi connectivity index (χ4n) is 2.46. The van der Waals surface area contributed by atoms with Crippen molar-refractivity contribution in [3.8, 4) is 0 Å². The lowest BCUT2D eigenvalue weighted by Gasteiger charge is -2.23. The van der Waals surface area contributed by atoms with E-state index >= 15 is 0 Å². The van der Waals surface area contributed by atoms with Crippen molar-refractivity contribution in [1.82, 2.24) is 10.2 Å². The van der Waals surface area contributed by atoms with E-state index in [1.54, 1.807) is 32.7 Å². The van der Waals surface area contributed by atoms with Crippen LogP contribution < -0.4 is 5.32 Å². The number of carbonyl (C=O) groups excluding carboxylic acids is 4. The van der Waals surface area contributed by atoms with Crippen LogP contribution in [0.1, 0.15) is 60.8 Å². The molecule has 0 aromatic rings. The van der Waals surface area contributed by atoms with Crippen molar-refractivity contribution in [3.63, 3.8) is 0 Å². The molecule has 0 fully saturated rings. The topological polar surface area (TPSA) is 83.5 Å². The fourth-order valence-corrected chi connectivity index (χ4v) is 2.46. The predicted molar refractivity (Wildman–Crippen MR) is 97.9 cm³/mol. The molecule has 25 heavy (non-hydrogen) atoms. The van der Waals surface area contributed by atoms with Crippen molar-refractivity contribution in [2.45, 2.75) is 66.8 Å². The monoisotopic (exact) mass is 354 g/mol. The van der Waals surface area contributed by atoms with Gasteiger partial charge < -0.3 is 15.0 Å². The molecule has 6 heteroatoms. The van der Waals surface area contributed by atoms with Gasteiger partial charge in [0.2, 0.25) is 11.8 Å². The van der Waals surface area contributed by atoms with Gasteiger partial charge in [-0.2, -0.15) is 0 Å². The molecule has 0 aromatic heterocycles. The Morgan fingerprint density at radius 2 is 1.48 bits per heavy atom. The minimum absolute atomic E-state index is 0.0579. The fraction of sp³-hybridized carbons (Fsp3) is 0.789. The highest BCUT2D eigenvalue weighted by Crippen LogP contribution is 2.11. The summed E-state index contributed by atoms with van der Waals surface area (Å²) in [5, 5.41) is 2.63. The predicted octanol–water partition coefficient (Wildman–Crippen LogP) is 2.21. The number of rotatable bonds is 11. The number of amides is 2. The number of ketones is 2. The molecular weight excluding hydrogens is 320 g/mol. The minimum Gasteiger partial charge on any atom is -0.346 e. The summed E-state index contributed by atoms with van der Waals surface area (Å²) in [6.07, 6.45) is 1.17. The summed E-state index contributed by atoms with van der Waals surface area (Å²) in [4.78, 5) is 49.3. The van der Waals surface area contributed by atoms with Gasteiger partial charge in [0.15, 0.2) is 5.78 Å². The molecule has 0 aromatic carbocycles. The molecule has 1 N–H and O–H groups in total. The summed E-state index contributed by atoms with van der Waals surface area (Å²) >= 11 is 0. The number of hydrogen-bond acceptors (Lipinski definition) is 4. The first-order valence-corrected chi connectivity index (χ1v) is 9.03. The molecule has 0 aliphatic rings. The zero-order chi connectivity index (χ0) is 19.7. The van der Waals surface area contributed by atoms with Crippen LogP contribution in [0, 0.1) is 17.8 Å². The van der Waals surface area contributed by atoms with E-state index in [9.17, 15) is 19.2 Å². The number of hydrogen-bond donors (Lipinski definition) is 1. The van der Waals surface area contributed by atoms with Crippen molar-refractivity contribution < 1.29 is 19.2 Å². The van der Waals surface area contributed by atoms with Gasteiger partial charge in [0, 0.05) is 38.3 Å². The van der Waals surface area contributed by atoms with Gasteiger partial charge >= 0.3 is 0 Å². The first-order chi connectivity index (χ1) is 11.5. The van der Waals surface area contributed by atoms with Gasteiger partial charge in [-0.1, -0.05) is 27.7 Å². The average molecular weight is 354 g/mol. The second-order valence-corrected chi connectivity index (χ2v) is 7.55. The zero-order valence-electron chi connectivity index (χ0n) is 16.7. The highest BCUT2D eigenvalue weighted by atomic mass is 16.2. The van der Waals surface area contributed by atoms with Crippen molar-refractivity contribution in [2.75, 3.05) is 13.6 Å². The van der Waals surface area contributed by atoms with Crippen molar-refractivity contribution in [2.24, 2.45) is 17.8 Å². The standard InChI is InChI=1S/C19H34N2O4/c1-12(2)8-9-21(7)19(25)14(4)11-17(23)16(6)20-18(24)13(3)10-15(5)22/h12-14,16H,8-11H2,1-7H3,(H,20,24). The molecule has 3 unspecified atom stereocenters. The van der Waals surface area contributed by atoms with Gasteiger partial charge in [0.1, 0.15) is 5.78 Å². The Morgan fingerprint density at radius 1 is 0.920 bits per heavy atom. The highest BCUT2D eigenvalue weighted by Gasteiger charge is 2.25. The van der Waals surface area contributed by atoms with E-state index < -0.39 is 17.9 Å².